The monoisotopic (exact) mass is 226 g/mol. The Morgan fingerprint density at radius 3 is 2.82 bits per heavy atom. The van der Waals surface area contributed by atoms with E-state index in [1.807, 2.05) is 13.0 Å². The Bertz CT molecular complexity index is 693. The Morgan fingerprint density at radius 1 is 1.41 bits per heavy atom. The average molecular weight is 226 g/mol. The minimum absolute atomic E-state index is 0.00446. The molecule has 4 heteroatoms. The Labute approximate surface area is 97.7 Å². The van der Waals surface area contributed by atoms with Gasteiger partial charge in [-0.3, -0.25) is 4.79 Å². The van der Waals surface area contributed by atoms with Gasteiger partial charge in [0.05, 0.1) is 23.7 Å². The van der Waals surface area contributed by atoms with Gasteiger partial charge >= 0.3 is 0 Å². The summed E-state index contributed by atoms with van der Waals surface area (Å²) >= 11 is 0. The summed E-state index contributed by atoms with van der Waals surface area (Å²) in [6, 6.07) is 8.65. The van der Waals surface area contributed by atoms with Gasteiger partial charge in [-0.25, -0.2) is 0 Å². The first-order valence-corrected chi connectivity index (χ1v) is 5.15. The van der Waals surface area contributed by atoms with E-state index in [-0.39, 0.29) is 12.1 Å². The Balaban J connectivity index is 2.91. The first kappa shape index (κ1) is 11.1. The summed E-state index contributed by atoms with van der Waals surface area (Å²) in [5.74, 6) is 0. The van der Waals surface area contributed by atoms with Crippen LogP contribution in [0.2, 0.25) is 0 Å². The van der Waals surface area contributed by atoms with Gasteiger partial charge in [0.1, 0.15) is 6.29 Å². The molecule has 0 radical (unpaired) electrons. The van der Waals surface area contributed by atoms with E-state index in [1.165, 1.54) is 10.6 Å². The standard InChI is InChI=1S/C13H10N2O2/c1-9-6-13(17)15(4-5-16)12-7-10(8-14)2-3-11(9)12/h2-3,5-7H,4H2,1H3. The molecule has 17 heavy (non-hydrogen) atoms. The number of aldehydes is 1. The number of nitrogens with zero attached hydrogens (tertiary/aromatic N) is 2. The molecule has 1 aromatic heterocycles. The number of hydrogen-bond donors (Lipinski definition) is 0. The van der Waals surface area contributed by atoms with Gasteiger partial charge in [-0.2, -0.15) is 5.26 Å². The van der Waals surface area contributed by atoms with E-state index >= 15 is 0 Å². The molecule has 84 valence electrons. The van der Waals surface area contributed by atoms with Crippen molar-refractivity contribution in [3.05, 3.63) is 45.7 Å². The van der Waals surface area contributed by atoms with Gasteiger partial charge in [-0.05, 0) is 24.6 Å². The fourth-order valence-electron chi connectivity index (χ4n) is 1.88. The second kappa shape index (κ2) is 4.22. The van der Waals surface area contributed by atoms with E-state index in [0.29, 0.717) is 17.4 Å². The second-order valence-corrected chi connectivity index (χ2v) is 3.79. The number of pyridine rings is 1. The predicted molar refractivity (Wildman–Crippen MR) is 63.7 cm³/mol. The molecule has 0 bridgehead atoms. The molecule has 0 atom stereocenters. The highest BCUT2D eigenvalue weighted by Crippen LogP contribution is 2.17. The Kier molecular flexibility index (Phi) is 2.75. The number of fused-ring (bicyclic) bond motifs is 1. The molecular weight excluding hydrogens is 216 g/mol. The van der Waals surface area contributed by atoms with Gasteiger partial charge in [-0.15, -0.1) is 0 Å². The van der Waals surface area contributed by atoms with Crippen LogP contribution in [-0.2, 0) is 11.3 Å². The molecule has 4 nitrogen and oxygen atoms in total. The van der Waals surface area contributed by atoms with E-state index in [0.717, 1.165) is 10.9 Å². The summed E-state index contributed by atoms with van der Waals surface area (Å²) in [5, 5.41) is 9.73. The first-order chi connectivity index (χ1) is 8.17. The smallest absolute Gasteiger partial charge is 0.251 e. The zero-order valence-electron chi connectivity index (χ0n) is 9.30. The lowest BCUT2D eigenvalue weighted by molar-refractivity contribution is -0.108. The molecule has 0 spiro atoms. The van der Waals surface area contributed by atoms with Crippen molar-refractivity contribution in [2.75, 3.05) is 0 Å². The summed E-state index contributed by atoms with van der Waals surface area (Å²) in [5.41, 5.74) is 1.72. The number of carbonyl (C=O) groups is 1. The highest BCUT2D eigenvalue weighted by Gasteiger charge is 2.06. The largest absolute Gasteiger partial charge is 0.301 e. The quantitative estimate of drug-likeness (QED) is 0.727. The molecule has 0 saturated heterocycles. The van der Waals surface area contributed by atoms with Gasteiger partial charge in [0.15, 0.2) is 0 Å². The summed E-state index contributed by atoms with van der Waals surface area (Å²) in [6.45, 7) is 1.84. The van der Waals surface area contributed by atoms with Crippen molar-refractivity contribution in [2.45, 2.75) is 13.5 Å². The fourth-order valence-corrected chi connectivity index (χ4v) is 1.88. The van der Waals surface area contributed by atoms with E-state index in [2.05, 4.69) is 0 Å². The third-order valence-corrected chi connectivity index (χ3v) is 2.71. The number of nitriles is 1. The van der Waals surface area contributed by atoms with Crippen LogP contribution in [0.3, 0.4) is 0 Å². The van der Waals surface area contributed by atoms with Crippen LogP contribution < -0.4 is 5.56 Å². The summed E-state index contributed by atoms with van der Waals surface area (Å²) < 4.78 is 1.37. The molecule has 0 amide bonds. The SMILES string of the molecule is Cc1cc(=O)n(CC=O)c2cc(C#N)ccc12. The van der Waals surface area contributed by atoms with Crippen LogP contribution >= 0.6 is 0 Å². The first-order valence-electron chi connectivity index (χ1n) is 5.15. The average Bonchev–Trinajstić information content (AvgIpc) is 2.33. The lowest BCUT2D eigenvalue weighted by Gasteiger charge is -2.09. The van der Waals surface area contributed by atoms with E-state index in [1.54, 1.807) is 18.2 Å². The van der Waals surface area contributed by atoms with Crippen LogP contribution in [0.4, 0.5) is 0 Å². The summed E-state index contributed by atoms with van der Waals surface area (Å²) in [6.07, 6.45) is 0.676. The number of aryl methyl sites for hydroxylation is 1. The highest BCUT2D eigenvalue weighted by atomic mass is 16.1. The molecule has 0 saturated carbocycles. The maximum atomic E-state index is 11.8. The summed E-state index contributed by atoms with van der Waals surface area (Å²) in [4.78, 5) is 22.3. The number of carbonyl (C=O) groups excluding carboxylic acids is 1. The van der Waals surface area contributed by atoms with Gasteiger partial charge in [0.2, 0.25) is 0 Å². The van der Waals surface area contributed by atoms with Crippen molar-refractivity contribution < 1.29 is 4.79 Å². The van der Waals surface area contributed by atoms with Crippen molar-refractivity contribution in [1.82, 2.24) is 4.57 Å². The van der Waals surface area contributed by atoms with Crippen LogP contribution in [0.5, 0.6) is 0 Å². The van der Waals surface area contributed by atoms with E-state index in [4.69, 9.17) is 5.26 Å². The molecule has 2 rings (SSSR count). The molecule has 0 unspecified atom stereocenters. The Hall–Kier alpha value is -2.41. The van der Waals surface area contributed by atoms with E-state index < -0.39 is 0 Å². The number of hydrogen-bond acceptors (Lipinski definition) is 3. The minimum Gasteiger partial charge on any atom is -0.301 e. The number of rotatable bonds is 2. The highest BCUT2D eigenvalue weighted by molar-refractivity contribution is 5.84. The topological polar surface area (TPSA) is 62.9 Å². The van der Waals surface area contributed by atoms with Gasteiger partial charge in [0, 0.05) is 11.5 Å². The maximum absolute atomic E-state index is 11.8. The molecule has 0 aliphatic rings. The van der Waals surface area contributed by atoms with E-state index in [9.17, 15) is 9.59 Å². The van der Waals surface area contributed by atoms with Crippen LogP contribution in [0.15, 0.2) is 29.1 Å². The summed E-state index contributed by atoms with van der Waals surface area (Å²) in [7, 11) is 0. The van der Waals surface area contributed by atoms with Crippen molar-refractivity contribution in [3.8, 4) is 6.07 Å². The third-order valence-electron chi connectivity index (χ3n) is 2.71. The molecule has 0 fully saturated rings. The van der Waals surface area contributed by atoms with Crippen molar-refractivity contribution >= 4 is 17.2 Å². The molecule has 1 heterocycles. The van der Waals surface area contributed by atoms with Gasteiger partial charge in [-0.1, -0.05) is 6.07 Å². The molecule has 1 aromatic carbocycles. The van der Waals surface area contributed by atoms with Crippen LogP contribution in [0, 0.1) is 18.3 Å². The van der Waals surface area contributed by atoms with Crippen LogP contribution in [0.1, 0.15) is 11.1 Å². The minimum atomic E-state index is -0.225. The number of benzene rings is 1. The third kappa shape index (κ3) is 1.83. The normalized spacial score (nSPS) is 10.1. The second-order valence-electron chi connectivity index (χ2n) is 3.79. The van der Waals surface area contributed by atoms with Crippen molar-refractivity contribution in [3.63, 3.8) is 0 Å². The van der Waals surface area contributed by atoms with Gasteiger partial charge < -0.3 is 9.36 Å². The maximum Gasteiger partial charge on any atom is 0.251 e. The van der Waals surface area contributed by atoms with Crippen LogP contribution in [0.25, 0.3) is 10.9 Å². The fraction of sp³-hybridized carbons (Fsp3) is 0.154. The zero-order valence-corrected chi connectivity index (χ0v) is 9.30. The molecular formula is C13H10N2O2. The Morgan fingerprint density at radius 2 is 2.18 bits per heavy atom. The number of aromatic nitrogens is 1. The molecule has 0 aliphatic heterocycles. The lowest BCUT2D eigenvalue weighted by Crippen LogP contribution is -2.21. The molecule has 0 aliphatic carbocycles. The predicted octanol–water partition coefficient (Wildman–Crippen LogP) is 1.38. The van der Waals surface area contributed by atoms with Crippen LogP contribution in [-0.4, -0.2) is 10.9 Å². The van der Waals surface area contributed by atoms with Gasteiger partial charge in [0.25, 0.3) is 5.56 Å². The molecule has 2 aromatic rings. The van der Waals surface area contributed by atoms with Crippen molar-refractivity contribution in [2.24, 2.45) is 0 Å². The lowest BCUT2D eigenvalue weighted by atomic mass is 10.1. The molecule has 0 N–H and O–H groups in total. The zero-order chi connectivity index (χ0) is 12.4. The van der Waals surface area contributed by atoms with Crippen molar-refractivity contribution in [1.29, 1.82) is 5.26 Å².